The summed E-state index contributed by atoms with van der Waals surface area (Å²) in [6.07, 6.45) is 2.13. The Hall–Kier alpha value is -2.56. The number of carbonyl (C=O) groups excluding carboxylic acids is 2. The minimum absolute atomic E-state index is 0.0695. The number of nitrogens with one attached hydrogen (secondary N) is 2. The van der Waals surface area contributed by atoms with E-state index >= 15 is 0 Å². The first-order valence-electron chi connectivity index (χ1n) is 8.28. The molecule has 1 atom stereocenters. The quantitative estimate of drug-likeness (QED) is 0.908. The second kappa shape index (κ2) is 6.51. The van der Waals surface area contributed by atoms with Gasteiger partial charge in [0.05, 0.1) is 11.6 Å². The summed E-state index contributed by atoms with van der Waals surface area (Å²) < 4.78 is 0. The summed E-state index contributed by atoms with van der Waals surface area (Å²) in [5.41, 5.74) is 3.52. The van der Waals surface area contributed by atoms with Crippen LogP contribution in [-0.4, -0.2) is 37.5 Å². The van der Waals surface area contributed by atoms with Gasteiger partial charge in [0, 0.05) is 26.0 Å². The van der Waals surface area contributed by atoms with Gasteiger partial charge < -0.3 is 15.5 Å². The summed E-state index contributed by atoms with van der Waals surface area (Å²) in [5.74, 6) is -0.321. The molecule has 3 rings (SSSR count). The molecule has 3 amide bonds. The van der Waals surface area contributed by atoms with E-state index < -0.39 is 0 Å². The first kappa shape index (κ1) is 16.3. The molecule has 0 bridgehead atoms. The van der Waals surface area contributed by atoms with Crippen LogP contribution in [0, 0.1) is 5.92 Å². The summed E-state index contributed by atoms with van der Waals surface area (Å²) >= 11 is 0. The van der Waals surface area contributed by atoms with E-state index in [0.29, 0.717) is 6.54 Å². The monoisotopic (exact) mass is 325 g/mol. The van der Waals surface area contributed by atoms with Gasteiger partial charge in [-0.15, -0.1) is 0 Å². The zero-order chi connectivity index (χ0) is 17.3. The Balaban J connectivity index is 1.78. The molecule has 0 aliphatic heterocycles. The molecule has 5 nitrogen and oxygen atoms in total. The number of urea groups is 1. The van der Waals surface area contributed by atoms with E-state index in [1.807, 2.05) is 19.1 Å². The molecular weight excluding hydrogens is 302 g/mol. The van der Waals surface area contributed by atoms with E-state index in [1.54, 1.807) is 19.0 Å². The fourth-order valence-electron chi connectivity index (χ4n) is 3.39. The van der Waals surface area contributed by atoms with E-state index in [2.05, 4.69) is 28.8 Å². The molecule has 1 aliphatic rings. The van der Waals surface area contributed by atoms with Crippen molar-refractivity contribution in [3.63, 3.8) is 0 Å². The lowest BCUT2D eigenvalue weighted by Crippen LogP contribution is -2.39. The molecule has 0 unspecified atom stereocenters. The van der Waals surface area contributed by atoms with Gasteiger partial charge in [0.2, 0.25) is 5.91 Å². The molecular formula is C19H23N3O2. The third-order valence-corrected chi connectivity index (χ3v) is 4.71. The van der Waals surface area contributed by atoms with Gasteiger partial charge in [0.15, 0.2) is 0 Å². The Morgan fingerprint density at radius 1 is 1.17 bits per heavy atom. The molecule has 0 saturated heterocycles. The van der Waals surface area contributed by atoms with Crippen LogP contribution < -0.4 is 10.6 Å². The van der Waals surface area contributed by atoms with Gasteiger partial charge >= 0.3 is 6.03 Å². The molecule has 126 valence electrons. The highest BCUT2D eigenvalue weighted by atomic mass is 16.2. The summed E-state index contributed by atoms with van der Waals surface area (Å²) in [6.45, 7) is 2.17. The minimum Gasteiger partial charge on any atom is -0.359 e. The van der Waals surface area contributed by atoms with Crippen LogP contribution in [0.2, 0.25) is 0 Å². The van der Waals surface area contributed by atoms with Crippen LogP contribution in [0.4, 0.5) is 10.5 Å². The summed E-state index contributed by atoms with van der Waals surface area (Å²) in [6, 6.07) is 10.1. The normalized spacial score (nSPS) is 13.6. The summed E-state index contributed by atoms with van der Waals surface area (Å²) in [7, 11) is 3.31. The number of hydrogen-bond acceptors (Lipinski definition) is 2. The van der Waals surface area contributed by atoms with E-state index in [9.17, 15) is 9.59 Å². The molecule has 24 heavy (non-hydrogen) atoms. The third-order valence-electron chi connectivity index (χ3n) is 4.71. The molecule has 0 fully saturated rings. The number of rotatable bonds is 4. The molecule has 1 aliphatic carbocycles. The highest BCUT2D eigenvalue weighted by Gasteiger charge is 2.20. The van der Waals surface area contributed by atoms with Crippen LogP contribution in [0.1, 0.15) is 18.1 Å². The molecule has 2 N–H and O–H groups in total. The smallest absolute Gasteiger partial charge is 0.321 e. The number of nitrogens with zero attached hydrogens (tertiary/aromatic N) is 1. The number of anilines is 1. The average molecular weight is 325 g/mol. The van der Waals surface area contributed by atoms with Crippen LogP contribution in [0.15, 0.2) is 30.3 Å². The molecule has 0 aromatic heterocycles. The molecule has 2 aromatic carbocycles. The van der Waals surface area contributed by atoms with E-state index in [0.717, 1.165) is 23.9 Å². The van der Waals surface area contributed by atoms with E-state index in [1.165, 1.54) is 16.5 Å². The van der Waals surface area contributed by atoms with Gasteiger partial charge in [0.25, 0.3) is 0 Å². The Kier molecular flexibility index (Phi) is 4.42. The lowest BCUT2D eigenvalue weighted by molar-refractivity contribution is -0.124. The minimum atomic E-state index is -0.251. The lowest BCUT2D eigenvalue weighted by atomic mass is 10.0. The number of aryl methyl sites for hydroxylation is 2. The van der Waals surface area contributed by atoms with Gasteiger partial charge in [-0.3, -0.25) is 4.79 Å². The fourth-order valence-corrected chi connectivity index (χ4v) is 3.39. The van der Waals surface area contributed by atoms with E-state index in [-0.39, 0.29) is 17.9 Å². The van der Waals surface area contributed by atoms with Crippen LogP contribution in [-0.2, 0) is 17.6 Å². The van der Waals surface area contributed by atoms with E-state index in [4.69, 9.17) is 0 Å². The van der Waals surface area contributed by atoms with Crippen molar-refractivity contribution in [1.82, 2.24) is 10.2 Å². The van der Waals surface area contributed by atoms with Crippen LogP contribution in [0.3, 0.4) is 0 Å². The topological polar surface area (TPSA) is 61.4 Å². The van der Waals surface area contributed by atoms with Gasteiger partial charge in [-0.05, 0) is 35.4 Å². The Bertz CT molecular complexity index is 790. The van der Waals surface area contributed by atoms with Crippen molar-refractivity contribution < 1.29 is 9.59 Å². The van der Waals surface area contributed by atoms with Crippen molar-refractivity contribution in [3.05, 3.63) is 41.5 Å². The molecule has 5 heteroatoms. The largest absolute Gasteiger partial charge is 0.359 e. The van der Waals surface area contributed by atoms with Crippen molar-refractivity contribution in [2.45, 2.75) is 19.8 Å². The predicted molar refractivity (Wildman–Crippen MR) is 96.2 cm³/mol. The second-order valence-electron chi connectivity index (χ2n) is 6.44. The standard InChI is InChI=1S/C19H23N3O2/c1-12(18(23)20-2)11-22(3)19(24)21-16-10-9-14-8-7-13-5-4-6-15(16)17(13)14/h4-6,9-10,12H,7-8,11H2,1-3H3,(H,20,23)(H,21,24)/t12-/m0/s1. The van der Waals surface area contributed by atoms with Crippen LogP contribution in [0.5, 0.6) is 0 Å². The Morgan fingerprint density at radius 2 is 1.88 bits per heavy atom. The summed E-state index contributed by atoms with van der Waals surface area (Å²) in [5, 5.41) is 7.95. The Morgan fingerprint density at radius 3 is 2.58 bits per heavy atom. The fraction of sp³-hybridized carbons (Fsp3) is 0.368. The SMILES string of the molecule is CNC(=O)[C@@H](C)CN(C)C(=O)Nc1ccc2c3c(cccc13)CC2. The van der Waals surface area contributed by atoms with Crippen LogP contribution >= 0.6 is 0 Å². The van der Waals surface area contributed by atoms with Crippen molar-refractivity contribution in [2.75, 3.05) is 26.0 Å². The number of amides is 3. The maximum atomic E-state index is 12.5. The Labute approximate surface area is 142 Å². The van der Waals surface area contributed by atoms with Gasteiger partial charge in [-0.1, -0.05) is 31.2 Å². The zero-order valence-electron chi connectivity index (χ0n) is 14.3. The predicted octanol–water partition coefficient (Wildman–Crippen LogP) is 2.78. The molecule has 0 heterocycles. The maximum absolute atomic E-state index is 12.5. The number of hydrogen-bond donors (Lipinski definition) is 2. The highest BCUT2D eigenvalue weighted by molar-refractivity contribution is 6.04. The number of carbonyl (C=O) groups is 2. The van der Waals surface area contributed by atoms with Gasteiger partial charge in [-0.2, -0.15) is 0 Å². The zero-order valence-corrected chi connectivity index (χ0v) is 14.3. The van der Waals surface area contributed by atoms with Gasteiger partial charge in [0.1, 0.15) is 0 Å². The van der Waals surface area contributed by atoms with Crippen LogP contribution in [0.25, 0.3) is 10.8 Å². The summed E-state index contributed by atoms with van der Waals surface area (Å²) in [4.78, 5) is 25.6. The number of benzene rings is 2. The maximum Gasteiger partial charge on any atom is 0.321 e. The molecule has 0 radical (unpaired) electrons. The lowest BCUT2D eigenvalue weighted by Gasteiger charge is -2.22. The average Bonchev–Trinajstić information content (AvgIpc) is 3.01. The van der Waals surface area contributed by atoms with Crippen molar-refractivity contribution >= 4 is 28.4 Å². The first-order chi connectivity index (χ1) is 11.5. The van der Waals surface area contributed by atoms with Gasteiger partial charge in [-0.25, -0.2) is 4.79 Å². The van der Waals surface area contributed by atoms with Crippen molar-refractivity contribution in [1.29, 1.82) is 0 Å². The second-order valence-corrected chi connectivity index (χ2v) is 6.44. The third kappa shape index (κ3) is 2.94. The molecule has 0 saturated carbocycles. The molecule has 2 aromatic rings. The molecule has 0 spiro atoms. The highest BCUT2D eigenvalue weighted by Crippen LogP contribution is 2.35. The van der Waals surface area contributed by atoms with Crippen molar-refractivity contribution in [2.24, 2.45) is 5.92 Å². The first-order valence-corrected chi connectivity index (χ1v) is 8.28. The van der Waals surface area contributed by atoms with Crippen molar-refractivity contribution in [3.8, 4) is 0 Å².